The van der Waals surface area contributed by atoms with Gasteiger partial charge in [0, 0.05) is 0 Å². The maximum Gasteiger partial charge on any atom is 0.251 e. The number of carbonyl (C=O) groups is 1. The summed E-state index contributed by atoms with van der Waals surface area (Å²) in [4.78, 5) is 11.8. The fraction of sp³-hybridized carbons (Fsp3) is 0.0833. The van der Waals surface area contributed by atoms with E-state index >= 15 is 0 Å². The highest BCUT2D eigenvalue weighted by atomic mass is 19.1. The van der Waals surface area contributed by atoms with Crippen molar-refractivity contribution < 1.29 is 18.0 Å². The van der Waals surface area contributed by atoms with Gasteiger partial charge in [0.05, 0.1) is 11.3 Å². The molecule has 0 radical (unpaired) electrons. The third-order valence-corrected chi connectivity index (χ3v) is 2.77. The Morgan fingerprint density at radius 2 is 1.78 bits per heavy atom. The molecule has 2 N–H and O–H groups in total. The zero-order valence-corrected chi connectivity index (χ0v) is 9.04. The van der Waals surface area contributed by atoms with Crippen molar-refractivity contribution in [2.24, 2.45) is 0 Å². The van der Waals surface area contributed by atoms with Gasteiger partial charge in [-0.25, -0.2) is 8.78 Å². The van der Waals surface area contributed by atoms with E-state index in [4.69, 9.17) is 4.42 Å². The van der Waals surface area contributed by atoms with Crippen molar-refractivity contribution >= 4 is 17.3 Å². The quantitative estimate of drug-likeness (QED) is 0.818. The van der Waals surface area contributed by atoms with Gasteiger partial charge in [-0.1, -0.05) is 6.07 Å². The zero-order valence-electron chi connectivity index (χ0n) is 9.04. The summed E-state index contributed by atoms with van der Waals surface area (Å²) in [6, 6.07) is 2.35. The lowest BCUT2D eigenvalue weighted by atomic mass is 10.0. The van der Waals surface area contributed by atoms with E-state index < -0.39 is 23.6 Å². The van der Waals surface area contributed by atoms with Crippen LogP contribution in [-0.2, 0) is 4.79 Å². The predicted molar refractivity (Wildman–Crippen MR) is 60.1 cm³/mol. The van der Waals surface area contributed by atoms with Gasteiger partial charge in [0.1, 0.15) is 35.9 Å². The summed E-state index contributed by atoms with van der Waals surface area (Å²) in [5.74, 6) is -2.07. The van der Waals surface area contributed by atoms with Gasteiger partial charge in [0.25, 0.3) is 5.91 Å². The number of benzene rings is 1. The molecule has 1 unspecified atom stereocenters. The van der Waals surface area contributed by atoms with Gasteiger partial charge in [-0.2, -0.15) is 0 Å². The molecule has 92 valence electrons. The molecular formula is C12H8F2N2O2. The van der Waals surface area contributed by atoms with Gasteiger partial charge in [0.2, 0.25) is 0 Å². The lowest BCUT2D eigenvalue weighted by Crippen LogP contribution is -2.32. The number of rotatable bonds is 1. The molecule has 2 aromatic rings. The fourth-order valence-electron chi connectivity index (χ4n) is 1.92. The lowest BCUT2D eigenvalue weighted by Gasteiger charge is -2.24. The van der Waals surface area contributed by atoms with Crippen LogP contribution in [0.15, 0.2) is 35.1 Å². The molecule has 1 aliphatic rings. The van der Waals surface area contributed by atoms with Crippen LogP contribution in [0.5, 0.6) is 0 Å². The first-order valence-corrected chi connectivity index (χ1v) is 5.24. The summed E-state index contributed by atoms with van der Waals surface area (Å²) < 4.78 is 32.1. The monoisotopic (exact) mass is 250 g/mol. The molecule has 1 aromatic carbocycles. The summed E-state index contributed by atoms with van der Waals surface area (Å²) in [5, 5.41) is 5.25. The topological polar surface area (TPSA) is 54.3 Å². The lowest BCUT2D eigenvalue weighted by molar-refractivity contribution is -0.117. The van der Waals surface area contributed by atoms with Crippen LogP contribution in [0.1, 0.15) is 11.6 Å². The molecule has 18 heavy (non-hydrogen) atoms. The Kier molecular flexibility index (Phi) is 2.29. The molecule has 3 rings (SSSR count). The van der Waals surface area contributed by atoms with E-state index in [0.717, 1.165) is 12.1 Å². The number of hydrogen-bond donors (Lipinski definition) is 2. The normalized spacial score (nSPS) is 17.9. The summed E-state index contributed by atoms with van der Waals surface area (Å²) in [7, 11) is 0. The van der Waals surface area contributed by atoms with Gasteiger partial charge in [-0.05, 0) is 12.1 Å². The van der Waals surface area contributed by atoms with E-state index in [1.165, 1.54) is 18.6 Å². The van der Waals surface area contributed by atoms with Gasteiger partial charge in [-0.15, -0.1) is 0 Å². The SMILES string of the molecule is O=C1Nc2cocc2NC1c1c(F)cccc1F. The van der Waals surface area contributed by atoms with Gasteiger partial charge < -0.3 is 15.1 Å². The van der Waals surface area contributed by atoms with Crippen LogP contribution >= 0.6 is 0 Å². The van der Waals surface area contributed by atoms with E-state index in [0.29, 0.717) is 11.4 Å². The van der Waals surface area contributed by atoms with Crippen LogP contribution in [0.2, 0.25) is 0 Å². The third-order valence-electron chi connectivity index (χ3n) is 2.77. The maximum absolute atomic E-state index is 13.6. The molecule has 1 atom stereocenters. The summed E-state index contributed by atoms with van der Waals surface area (Å²) in [6.07, 6.45) is 2.70. The number of amides is 1. The Hall–Kier alpha value is -2.37. The second-order valence-electron chi connectivity index (χ2n) is 3.90. The number of anilines is 2. The van der Waals surface area contributed by atoms with Gasteiger partial charge in [0.15, 0.2) is 0 Å². The minimum atomic E-state index is -1.11. The third kappa shape index (κ3) is 1.54. The summed E-state index contributed by atoms with van der Waals surface area (Å²) in [6.45, 7) is 0. The molecule has 2 heterocycles. The van der Waals surface area contributed by atoms with Crippen LogP contribution in [0.4, 0.5) is 20.2 Å². The van der Waals surface area contributed by atoms with Crippen LogP contribution < -0.4 is 10.6 Å². The second kappa shape index (κ2) is 3.83. The fourth-order valence-corrected chi connectivity index (χ4v) is 1.92. The van der Waals surface area contributed by atoms with Crippen molar-refractivity contribution in [3.63, 3.8) is 0 Å². The Morgan fingerprint density at radius 3 is 2.50 bits per heavy atom. The standard InChI is InChI=1S/C12H8F2N2O2/c13-6-2-1-3-7(14)10(6)11-12(17)16-9-5-18-4-8(9)15-11/h1-5,11,15H,(H,16,17). The minimum absolute atomic E-state index is 0.304. The summed E-state index contributed by atoms with van der Waals surface area (Å²) in [5.41, 5.74) is 0.636. The largest absolute Gasteiger partial charge is 0.468 e. The Bertz CT molecular complexity index is 604. The van der Waals surface area contributed by atoms with E-state index in [9.17, 15) is 13.6 Å². The highest BCUT2D eigenvalue weighted by Gasteiger charge is 2.32. The van der Waals surface area contributed by atoms with Crippen molar-refractivity contribution in [3.8, 4) is 0 Å². The predicted octanol–water partition coefficient (Wildman–Crippen LogP) is 2.66. The molecule has 1 aliphatic heterocycles. The molecule has 0 saturated carbocycles. The van der Waals surface area contributed by atoms with Crippen LogP contribution in [0, 0.1) is 11.6 Å². The molecule has 0 spiro atoms. The van der Waals surface area contributed by atoms with Crippen molar-refractivity contribution in [2.75, 3.05) is 10.6 Å². The highest BCUT2D eigenvalue weighted by molar-refractivity contribution is 6.03. The highest BCUT2D eigenvalue weighted by Crippen LogP contribution is 2.34. The van der Waals surface area contributed by atoms with E-state index in [1.807, 2.05) is 0 Å². The first kappa shape index (κ1) is 10.8. The Balaban J connectivity index is 2.06. The zero-order chi connectivity index (χ0) is 12.7. The first-order chi connectivity index (χ1) is 8.66. The summed E-state index contributed by atoms with van der Waals surface area (Å²) >= 11 is 0. The average Bonchev–Trinajstić information content (AvgIpc) is 2.76. The molecule has 4 nitrogen and oxygen atoms in total. The van der Waals surface area contributed by atoms with E-state index in [-0.39, 0.29) is 5.56 Å². The maximum atomic E-state index is 13.6. The number of hydrogen-bond acceptors (Lipinski definition) is 3. The first-order valence-electron chi connectivity index (χ1n) is 5.24. The second-order valence-corrected chi connectivity index (χ2v) is 3.90. The van der Waals surface area contributed by atoms with E-state index in [2.05, 4.69) is 10.6 Å². The van der Waals surface area contributed by atoms with Crippen molar-refractivity contribution in [2.45, 2.75) is 6.04 Å². The van der Waals surface area contributed by atoms with Crippen LogP contribution in [0.25, 0.3) is 0 Å². The van der Waals surface area contributed by atoms with Crippen molar-refractivity contribution in [3.05, 3.63) is 47.9 Å². The van der Waals surface area contributed by atoms with Crippen LogP contribution in [0.3, 0.4) is 0 Å². The van der Waals surface area contributed by atoms with Crippen molar-refractivity contribution in [1.29, 1.82) is 0 Å². The number of carbonyl (C=O) groups excluding carboxylic acids is 1. The smallest absolute Gasteiger partial charge is 0.251 e. The molecule has 0 saturated heterocycles. The molecule has 1 aromatic heterocycles. The molecule has 0 aliphatic carbocycles. The molecule has 0 fully saturated rings. The number of halogens is 2. The molecule has 6 heteroatoms. The Morgan fingerprint density at radius 1 is 1.11 bits per heavy atom. The molecule has 0 bridgehead atoms. The molecular weight excluding hydrogens is 242 g/mol. The average molecular weight is 250 g/mol. The van der Waals surface area contributed by atoms with E-state index in [1.54, 1.807) is 0 Å². The molecule has 1 amide bonds. The van der Waals surface area contributed by atoms with Crippen molar-refractivity contribution in [1.82, 2.24) is 0 Å². The minimum Gasteiger partial charge on any atom is -0.468 e. The van der Waals surface area contributed by atoms with Gasteiger partial charge >= 0.3 is 0 Å². The number of fused-ring (bicyclic) bond motifs is 1. The number of furan rings is 1. The number of nitrogens with one attached hydrogen (secondary N) is 2. The van der Waals surface area contributed by atoms with Gasteiger partial charge in [-0.3, -0.25) is 4.79 Å². The Labute approximate surface area is 101 Å². The van der Waals surface area contributed by atoms with Crippen LogP contribution in [-0.4, -0.2) is 5.91 Å².